The molecule has 0 unspecified atom stereocenters. The highest BCUT2D eigenvalue weighted by molar-refractivity contribution is 7.55. The van der Waals surface area contributed by atoms with Crippen LogP contribution in [-0.4, -0.2) is 90.0 Å². The minimum Gasteiger partial charge on any atom is -0.497 e. The number of rotatable bonds is 16. The Morgan fingerprint density at radius 1 is 1.05 bits per heavy atom. The molecule has 3 amide bonds. The number of nitrogens with zero attached hydrogens (tertiary/aromatic N) is 2. The van der Waals surface area contributed by atoms with E-state index in [0.717, 1.165) is 25.7 Å². The number of amides is 3. The summed E-state index contributed by atoms with van der Waals surface area (Å²) in [5.74, 6) is -0.378. The van der Waals surface area contributed by atoms with Crippen LogP contribution in [0.25, 0.3) is 10.9 Å². The molecule has 1 aromatic heterocycles. The van der Waals surface area contributed by atoms with Crippen molar-refractivity contribution < 1.29 is 47.0 Å². The first-order valence-corrected chi connectivity index (χ1v) is 20.9. The van der Waals surface area contributed by atoms with Gasteiger partial charge >= 0.3 is 13.7 Å². The van der Waals surface area contributed by atoms with Gasteiger partial charge < -0.3 is 38.8 Å². The average Bonchev–Trinajstić information content (AvgIpc) is 3.80. The normalized spacial score (nSPS) is 23.5. The second kappa shape index (κ2) is 17.4. The standard InChI is InChI=1S/C40H57N4O10P/c1-9-25-22-40(23-25,55(49,51-11-3)52-12-4)43-36(46)32-20-28(53-34-21-31(33(45)10-2)41-30-19-27(50-8)17-18-29(30)34)24-44(32)37(47)35(39(5,6)7)42-38(48)54-26-15-13-14-16-26/h9,17-19,21,25-26,28,32,35H,1,10-16,20,22-24H2,2-8H3,(H,42,48)(H,43,46)/t25?,28-,32+,35-,40?/m1/s1. The monoisotopic (exact) mass is 784 g/mol. The summed E-state index contributed by atoms with van der Waals surface area (Å²) in [4.78, 5) is 61.4. The molecule has 302 valence electrons. The number of fused-ring (bicyclic) bond motifs is 1. The van der Waals surface area contributed by atoms with Gasteiger partial charge in [-0.05, 0) is 75.8 Å². The van der Waals surface area contributed by atoms with Gasteiger partial charge in [-0.15, -0.1) is 6.58 Å². The number of likely N-dealkylation sites (tertiary alicyclic amines) is 1. The molecule has 3 fully saturated rings. The lowest BCUT2D eigenvalue weighted by Crippen LogP contribution is -2.62. The number of ketones is 1. The summed E-state index contributed by atoms with van der Waals surface area (Å²) in [6.45, 7) is 14.7. The Kier molecular flexibility index (Phi) is 13.4. The number of ether oxygens (including phenoxy) is 3. The Morgan fingerprint density at radius 2 is 1.73 bits per heavy atom. The number of aromatic nitrogens is 1. The number of methoxy groups -OCH3 is 1. The summed E-state index contributed by atoms with van der Waals surface area (Å²) in [7, 11) is -2.34. The fourth-order valence-electron chi connectivity index (χ4n) is 7.71. The van der Waals surface area contributed by atoms with E-state index in [-0.39, 0.29) is 68.9 Å². The predicted molar refractivity (Wildman–Crippen MR) is 207 cm³/mol. The highest BCUT2D eigenvalue weighted by atomic mass is 31.2. The van der Waals surface area contributed by atoms with Gasteiger partial charge in [0.25, 0.3) is 0 Å². The van der Waals surface area contributed by atoms with E-state index < -0.39 is 54.4 Å². The van der Waals surface area contributed by atoms with Crippen LogP contribution in [0.15, 0.2) is 36.9 Å². The number of allylic oxidation sites excluding steroid dienone is 1. The number of Topliss-reactive ketones (excluding diaryl/α,β-unsaturated/α-hetero) is 1. The maximum Gasteiger partial charge on any atom is 0.408 e. The molecular formula is C40H57N4O10P. The van der Waals surface area contributed by atoms with Gasteiger partial charge in [0.1, 0.15) is 46.8 Å². The first-order chi connectivity index (χ1) is 26.1. The van der Waals surface area contributed by atoms with Crippen LogP contribution in [0.1, 0.15) is 103 Å². The molecule has 2 N–H and O–H groups in total. The summed E-state index contributed by atoms with van der Waals surface area (Å²) >= 11 is 0. The molecule has 3 aliphatic rings. The van der Waals surface area contributed by atoms with Gasteiger partial charge in [-0.25, -0.2) is 9.78 Å². The van der Waals surface area contributed by atoms with Crippen molar-refractivity contribution in [2.75, 3.05) is 26.9 Å². The number of alkyl carbamates (subject to hydrolysis) is 1. The summed E-state index contributed by atoms with van der Waals surface area (Å²) in [6, 6.07) is 4.66. The van der Waals surface area contributed by atoms with Crippen molar-refractivity contribution in [1.29, 1.82) is 0 Å². The van der Waals surface area contributed by atoms with Crippen LogP contribution in [0.3, 0.4) is 0 Å². The summed E-state index contributed by atoms with van der Waals surface area (Å²) in [6.07, 6.45) is 4.39. The van der Waals surface area contributed by atoms with Crippen molar-refractivity contribution in [3.8, 4) is 11.5 Å². The van der Waals surface area contributed by atoms with Crippen molar-refractivity contribution >= 4 is 42.2 Å². The van der Waals surface area contributed by atoms with E-state index in [0.29, 0.717) is 22.4 Å². The highest BCUT2D eigenvalue weighted by Crippen LogP contribution is 2.68. The van der Waals surface area contributed by atoms with Crippen LogP contribution in [0.5, 0.6) is 11.5 Å². The van der Waals surface area contributed by atoms with Crippen molar-refractivity contribution in [3.05, 3.63) is 42.6 Å². The molecule has 2 heterocycles. The predicted octanol–water partition coefficient (Wildman–Crippen LogP) is 6.94. The number of hydrogen-bond donors (Lipinski definition) is 2. The molecule has 0 spiro atoms. The smallest absolute Gasteiger partial charge is 0.408 e. The second-order valence-corrected chi connectivity index (χ2v) is 18.0. The van der Waals surface area contributed by atoms with Crippen LogP contribution in [0, 0.1) is 11.3 Å². The lowest BCUT2D eigenvalue weighted by atomic mass is 9.79. The fourth-order valence-corrected chi connectivity index (χ4v) is 10.1. The van der Waals surface area contributed by atoms with E-state index in [9.17, 15) is 23.7 Å². The fraction of sp³-hybridized carbons (Fsp3) is 0.625. The molecule has 0 radical (unpaired) electrons. The molecule has 2 aromatic rings. The maximum absolute atomic E-state index is 14.7. The third-order valence-electron chi connectivity index (χ3n) is 10.7. The average molecular weight is 785 g/mol. The first kappa shape index (κ1) is 42.1. The lowest BCUT2D eigenvalue weighted by Gasteiger charge is -2.50. The number of pyridine rings is 1. The van der Waals surface area contributed by atoms with Gasteiger partial charge in [0.2, 0.25) is 11.8 Å². The Morgan fingerprint density at radius 3 is 2.31 bits per heavy atom. The third kappa shape index (κ3) is 9.18. The molecule has 0 bridgehead atoms. The van der Waals surface area contributed by atoms with Crippen molar-refractivity contribution in [1.82, 2.24) is 20.5 Å². The molecule has 2 saturated carbocycles. The van der Waals surface area contributed by atoms with Gasteiger partial charge in [-0.2, -0.15) is 0 Å². The minimum atomic E-state index is -3.88. The van der Waals surface area contributed by atoms with E-state index in [2.05, 4.69) is 22.2 Å². The van der Waals surface area contributed by atoms with Gasteiger partial charge in [-0.1, -0.05) is 33.8 Å². The Hall–Kier alpha value is -4.00. The van der Waals surface area contributed by atoms with Gasteiger partial charge in [0, 0.05) is 30.4 Å². The molecule has 3 atom stereocenters. The minimum absolute atomic E-state index is 0.0310. The molecule has 1 saturated heterocycles. The summed E-state index contributed by atoms with van der Waals surface area (Å²) < 4.78 is 43.5. The zero-order valence-electron chi connectivity index (χ0n) is 33.2. The van der Waals surface area contributed by atoms with E-state index in [4.69, 9.17) is 23.3 Å². The number of carbonyl (C=O) groups is 4. The first-order valence-electron chi connectivity index (χ1n) is 19.4. The number of carbonyl (C=O) groups excluding carboxylic acids is 4. The van der Waals surface area contributed by atoms with E-state index in [1.54, 1.807) is 51.1 Å². The zero-order valence-corrected chi connectivity index (χ0v) is 34.1. The van der Waals surface area contributed by atoms with Crippen LogP contribution < -0.4 is 20.1 Å². The Bertz CT molecular complexity index is 1790. The largest absolute Gasteiger partial charge is 0.497 e. The second-order valence-electron chi connectivity index (χ2n) is 15.7. The maximum atomic E-state index is 14.7. The van der Waals surface area contributed by atoms with Gasteiger partial charge in [0.05, 0.1) is 32.4 Å². The van der Waals surface area contributed by atoms with E-state index in [1.165, 1.54) is 12.0 Å². The summed E-state index contributed by atoms with van der Waals surface area (Å²) in [5, 5.41) is 5.11. The van der Waals surface area contributed by atoms with Crippen LogP contribution in [0.2, 0.25) is 0 Å². The van der Waals surface area contributed by atoms with Crippen molar-refractivity contribution in [2.45, 2.75) is 122 Å². The van der Waals surface area contributed by atoms with Crippen molar-refractivity contribution in [3.63, 3.8) is 0 Å². The Labute approximate surface area is 323 Å². The molecule has 15 heteroatoms. The number of benzene rings is 1. The lowest BCUT2D eigenvalue weighted by molar-refractivity contribution is -0.142. The van der Waals surface area contributed by atoms with Gasteiger partial charge in [-0.3, -0.25) is 18.9 Å². The van der Waals surface area contributed by atoms with E-state index in [1.807, 2.05) is 20.8 Å². The van der Waals surface area contributed by atoms with Gasteiger partial charge in [0.15, 0.2) is 5.78 Å². The number of nitrogens with one attached hydrogen (secondary N) is 2. The Balaban J connectivity index is 1.51. The molecule has 2 aliphatic carbocycles. The topological polar surface area (TPSA) is 172 Å². The SMILES string of the molecule is C=CC1CC(NC(=O)[C@@H]2C[C@@H](Oc3cc(C(=O)CC)nc4cc(OC)ccc34)CN2C(=O)[C@@H](NC(=O)OC2CCCC2)C(C)(C)C)(P(=O)(OCC)OCC)C1. The third-order valence-corrected chi connectivity index (χ3v) is 13.4. The highest BCUT2D eigenvalue weighted by Gasteiger charge is 2.60. The van der Waals surface area contributed by atoms with Crippen molar-refractivity contribution in [2.24, 2.45) is 11.3 Å². The molecule has 5 rings (SSSR count). The molecule has 1 aliphatic heterocycles. The van der Waals surface area contributed by atoms with E-state index >= 15 is 0 Å². The molecule has 1 aromatic carbocycles. The zero-order chi connectivity index (χ0) is 40.1. The van der Waals surface area contributed by atoms with Crippen LogP contribution in [-0.2, 0) is 27.9 Å². The molecule has 55 heavy (non-hydrogen) atoms. The quantitative estimate of drug-likeness (QED) is 0.103. The molecule has 14 nitrogen and oxygen atoms in total. The van der Waals surface area contributed by atoms with Crippen LogP contribution in [0.4, 0.5) is 4.79 Å². The van der Waals surface area contributed by atoms with Crippen LogP contribution >= 0.6 is 7.60 Å². The molecular weight excluding hydrogens is 727 g/mol. The summed E-state index contributed by atoms with van der Waals surface area (Å²) in [5.41, 5.74) is -0.0893. The number of hydrogen-bond acceptors (Lipinski definition) is 11.